The van der Waals surface area contributed by atoms with E-state index in [-0.39, 0.29) is 6.04 Å². The maximum absolute atomic E-state index is 5.84. The van der Waals surface area contributed by atoms with E-state index < -0.39 is 0 Å². The Morgan fingerprint density at radius 2 is 2.32 bits per heavy atom. The van der Waals surface area contributed by atoms with Gasteiger partial charge in [-0.3, -0.25) is 5.32 Å². The second kappa shape index (κ2) is 3.93. The number of oxazole rings is 1. The summed E-state index contributed by atoms with van der Waals surface area (Å²) in [7, 11) is 0. The van der Waals surface area contributed by atoms with Crippen LogP contribution in [0.3, 0.4) is 0 Å². The molecule has 0 amide bonds. The molecule has 2 N–H and O–H groups in total. The summed E-state index contributed by atoms with van der Waals surface area (Å²) in [5.74, 6) is 0.745. The predicted molar refractivity (Wildman–Crippen MR) is 70.6 cm³/mol. The molecule has 1 aliphatic heterocycles. The highest BCUT2D eigenvalue weighted by Crippen LogP contribution is 2.26. The van der Waals surface area contributed by atoms with E-state index in [4.69, 9.17) is 4.42 Å². The Labute approximate surface area is 110 Å². The van der Waals surface area contributed by atoms with Gasteiger partial charge >= 0.3 is 0 Å². The van der Waals surface area contributed by atoms with Gasteiger partial charge in [0.2, 0.25) is 5.89 Å². The molecule has 0 radical (unpaired) electrons. The molecule has 2 aromatic heterocycles. The lowest BCUT2D eigenvalue weighted by atomic mass is 10.1. The van der Waals surface area contributed by atoms with Crippen LogP contribution in [-0.2, 0) is 13.0 Å². The first-order valence-corrected chi connectivity index (χ1v) is 6.41. The molecule has 1 unspecified atom stereocenters. The van der Waals surface area contributed by atoms with Crippen molar-refractivity contribution in [1.82, 2.24) is 20.3 Å². The average molecular weight is 254 g/mol. The first kappa shape index (κ1) is 10.8. The largest absolute Gasteiger partial charge is 0.439 e. The number of aromatic amines is 1. The fourth-order valence-corrected chi connectivity index (χ4v) is 2.55. The summed E-state index contributed by atoms with van der Waals surface area (Å²) >= 11 is 0. The van der Waals surface area contributed by atoms with Crippen molar-refractivity contribution in [2.75, 3.05) is 0 Å². The van der Waals surface area contributed by atoms with Crippen LogP contribution in [0.4, 0.5) is 0 Å². The number of nitrogens with zero attached hydrogens (tertiary/aromatic N) is 2. The topological polar surface area (TPSA) is 66.7 Å². The quantitative estimate of drug-likeness (QED) is 0.699. The molecule has 1 aliphatic rings. The fraction of sp³-hybridized carbons (Fsp3) is 0.286. The van der Waals surface area contributed by atoms with Gasteiger partial charge in [-0.15, -0.1) is 0 Å². The summed E-state index contributed by atoms with van der Waals surface area (Å²) in [5.41, 5.74) is 5.21. The summed E-state index contributed by atoms with van der Waals surface area (Å²) in [6.07, 6.45) is 2.55. The number of hydrogen-bond donors (Lipinski definition) is 2. The second-order valence-electron chi connectivity index (χ2n) is 4.99. The number of rotatable bonds is 1. The summed E-state index contributed by atoms with van der Waals surface area (Å²) < 4.78 is 5.84. The van der Waals surface area contributed by atoms with Gasteiger partial charge in [0.05, 0.1) is 23.8 Å². The van der Waals surface area contributed by atoms with Crippen molar-refractivity contribution < 1.29 is 4.42 Å². The monoisotopic (exact) mass is 254 g/mol. The Morgan fingerprint density at radius 3 is 3.26 bits per heavy atom. The molecule has 5 nitrogen and oxygen atoms in total. The normalized spacial score (nSPS) is 18.7. The minimum atomic E-state index is 0.100. The number of hydrogen-bond acceptors (Lipinski definition) is 4. The van der Waals surface area contributed by atoms with Crippen molar-refractivity contribution in [3.63, 3.8) is 0 Å². The Kier molecular flexibility index (Phi) is 2.22. The van der Waals surface area contributed by atoms with E-state index in [1.54, 1.807) is 6.33 Å². The van der Waals surface area contributed by atoms with Gasteiger partial charge in [0, 0.05) is 13.0 Å². The van der Waals surface area contributed by atoms with Gasteiger partial charge in [-0.2, -0.15) is 0 Å². The van der Waals surface area contributed by atoms with Crippen molar-refractivity contribution in [1.29, 1.82) is 0 Å². The van der Waals surface area contributed by atoms with Crippen molar-refractivity contribution >= 4 is 11.1 Å². The lowest BCUT2D eigenvalue weighted by molar-refractivity contribution is 0.391. The summed E-state index contributed by atoms with van der Waals surface area (Å²) in [5, 5.41) is 3.43. The fourth-order valence-electron chi connectivity index (χ4n) is 2.55. The lowest BCUT2D eigenvalue weighted by Crippen LogP contribution is -2.28. The maximum atomic E-state index is 5.84. The van der Waals surface area contributed by atoms with Crippen molar-refractivity contribution in [3.8, 4) is 0 Å². The Bertz CT molecular complexity index is 743. The zero-order valence-corrected chi connectivity index (χ0v) is 10.6. The summed E-state index contributed by atoms with van der Waals surface area (Å²) in [4.78, 5) is 12.1. The first-order valence-electron chi connectivity index (χ1n) is 6.41. The first-order chi connectivity index (χ1) is 9.29. The molecule has 0 saturated heterocycles. The second-order valence-corrected chi connectivity index (χ2v) is 4.99. The van der Waals surface area contributed by atoms with Crippen molar-refractivity contribution in [2.45, 2.75) is 25.9 Å². The van der Waals surface area contributed by atoms with Gasteiger partial charge in [0.15, 0.2) is 5.58 Å². The number of benzene rings is 1. The minimum Gasteiger partial charge on any atom is -0.439 e. The van der Waals surface area contributed by atoms with Gasteiger partial charge in [-0.05, 0) is 24.6 Å². The summed E-state index contributed by atoms with van der Waals surface area (Å²) in [6, 6.07) is 6.16. The molecule has 0 saturated carbocycles. The van der Waals surface area contributed by atoms with Crippen LogP contribution in [0.25, 0.3) is 11.1 Å². The highest BCUT2D eigenvalue weighted by molar-refractivity contribution is 5.73. The summed E-state index contributed by atoms with van der Waals surface area (Å²) in [6.45, 7) is 2.83. The molecular formula is C14H14N4O. The Morgan fingerprint density at radius 1 is 1.37 bits per heavy atom. The van der Waals surface area contributed by atoms with Crippen LogP contribution in [0, 0.1) is 6.92 Å². The Hall–Kier alpha value is -2.14. The smallest absolute Gasteiger partial charge is 0.213 e. The van der Waals surface area contributed by atoms with Gasteiger partial charge in [-0.1, -0.05) is 6.07 Å². The molecule has 4 rings (SSSR count). The number of H-pyrrole nitrogens is 1. The minimum absolute atomic E-state index is 0.100. The van der Waals surface area contributed by atoms with Crippen LogP contribution in [0.15, 0.2) is 28.9 Å². The molecule has 1 atom stereocenters. The van der Waals surface area contributed by atoms with Crippen LogP contribution in [0.2, 0.25) is 0 Å². The third-order valence-electron chi connectivity index (χ3n) is 3.59. The SMILES string of the molecule is Cc1ccc2oc(C3Cc4nc[nH]c4CN3)nc2c1. The van der Waals surface area contributed by atoms with Crippen LogP contribution < -0.4 is 5.32 Å². The van der Waals surface area contributed by atoms with Crippen LogP contribution >= 0.6 is 0 Å². The van der Waals surface area contributed by atoms with E-state index in [2.05, 4.69) is 27.2 Å². The molecule has 0 bridgehead atoms. The number of fused-ring (bicyclic) bond motifs is 2. The lowest BCUT2D eigenvalue weighted by Gasteiger charge is -2.19. The third kappa shape index (κ3) is 1.74. The third-order valence-corrected chi connectivity index (χ3v) is 3.59. The van der Waals surface area contributed by atoms with Crippen molar-refractivity contribution in [3.05, 3.63) is 47.4 Å². The van der Waals surface area contributed by atoms with E-state index in [1.165, 1.54) is 5.56 Å². The number of imidazole rings is 1. The average Bonchev–Trinajstić information content (AvgIpc) is 3.02. The molecule has 0 fully saturated rings. The molecule has 19 heavy (non-hydrogen) atoms. The molecule has 0 aliphatic carbocycles. The van der Waals surface area contributed by atoms with Gasteiger partial charge in [-0.25, -0.2) is 9.97 Å². The van der Waals surface area contributed by atoms with E-state index in [0.717, 1.165) is 41.3 Å². The van der Waals surface area contributed by atoms with Gasteiger partial charge < -0.3 is 9.40 Å². The van der Waals surface area contributed by atoms with Crippen LogP contribution in [0.5, 0.6) is 0 Å². The van der Waals surface area contributed by atoms with E-state index in [1.807, 2.05) is 18.2 Å². The highest BCUT2D eigenvalue weighted by Gasteiger charge is 2.25. The van der Waals surface area contributed by atoms with Crippen LogP contribution in [0.1, 0.15) is 28.9 Å². The predicted octanol–water partition coefficient (Wildman–Crippen LogP) is 2.25. The van der Waals surface area contributed by atoms with Gasteiger partial charge in [0.25, 0.3) is 0 Å². The van der Waals surface area contributed by atoms with Crippen molar-refractivity contribution in [2.24, 2.45) is 0 Å². The highest BCUT2D eigenvalue weighted by atomic mass is 16.3. The molecule has 0 spiro atoms. The van der Waals surface area contributed by atoms with E-state index >= 15 is 0 Å². The van der Waals surface area contributed by atoms with E-state index in [9.17, 15) is 0 Å². The standard InChI is InChI=1S/C14H14N4O/c1-8-2-3-13-10(4-8)18-14(19-13)11-5-9-12(6-15-11)17-7-16-9/h2-4,7,11,15H,5-6H2,1H3,(H,16,17). The number of aryl methyl sites for hydroxylation is 1. The number of aromatic nitrogens is 3. The molecule has 96 valence electrons. The van der Waals surface area contributed by atoms with Gasteiger partial charge in [0.1, 0.15) is 5.52 Å². The van der Waals surface area contributed by atoms with E-state index in [0.29, 0.717) is 0 Å². The molecule has 5 heteroatoms. The zero-order valence-electron chi connectivity index (χ0n) is 10.6. The Balaban J connectivity index is 1.71. The zero-order chi connectivity index (χ0) is 12.8. The molecule has 3 aromatic rings. The maximum Gasteiger partial charge on any atom is 0.213 e. The van der Waals surface area contributed by atoms with Crippen LogP contribution in [-0.4, -0.2) is 15.0 Å². The number of nitrogens with one attached hydrogen (secondary N) is 2. The molecule has 1 aromatic carbocycles. The molecule has 3 heterocycles. The molecular weight excluding hydrogens is 240 g/mol.